The number of carbonyl (C=O) groups is 1. The minimum Gasteiger partial charge on any atom is -0.477 e. The van der Waals surface area contributed by atoms with Crippen molar-refractivity contribution in [1.29, 1.82) is 5.26 Å². The van der Waals surface area contributed by atoms with Gasteiger partial charge in [-0.2, -0.15) is 5.26 Å². The number of fused-ring (bicyclic) bond motifs is 1. The molecule has 0 amide bonds. The molecular weight excluding hydrogens is 545 g/mol. The molecule has 2 aliphatic rings. The predicted molar refractivity (Wildman–Crippen MR) is 150 cm³/mol. The second kappa shape index (κ2) is 11.9. The Morgan fingerprint density at radius 2 is 2.05 bits per heavy atom. The quantitative estimate of drug-likeness (QED) is 0.285. The monoisotopic (exact) mass is 575 g/mol. The molecule has 41 heavy (non-hydrogen) atoms. The number of nitriles is 1. The van der Waals surface area contributed by atoms with Crippen molar-refractivity contribution in [3.05, 3.63) is 75.8 Å². The molecule has 0 aliphatic carbocycles. The van der Waals surface area contributed by atoms with Crippen molar-refractivity contribution in [2.75, 3.05) is 19.7 Å². The van der Waals surface area contributed by atoms with Gasteiger partial charge in [-0.3, -0.25) is 4.90 Å². The second-order valence-corrected chi connectivity index (χ2v) is 11.6. The van der Waals surface area contributed by atoms with Crippen LogP contribution in [0.5, 0.6) is 5.88 Å². The van der Waals surface area contributed by atoms with Crippen LogP contribution in [0.25, 0.3) is 10.3 Å². The van der Waals surface area contributed by atoms with Gasteiger partial charge in [0.25, 0.3) is 0 Å². The number of thiophene rings is 1. The van der Waals surface area contributed by atoms with Gasteiger partial charge in [0, 0.05) is 29.8 Å². The maximum atomic E-state index is 14.2. The zero-order chi connectivity index (χ0) is 28.3. The first-order valence-corrected chi connectivity index (χ1v) is 14.6. The van der Waals surface area contributed by atoms with Gasteiger partial charge in [0.15, 0.2) is 0 Å². The zero-order valence-corrected chi connectivity index (χ0v) is 23.3. The number of hydrogen-bond donors (Lipinski definition) is 1. The molecule has 9 nitrogen and oxygen atoms in total. The summed E-state index contributed by atoms with van der Waals surface area (Å²) in [4.78, 5) is 24.5. The molecule has 6 rings (SSSR count). The van der Waals surface area contributed by atoms with E-state index in [-0.39, 0.29) is 24.2 Å². The predicted octanol–water partition coefficient (Wildman–Crippen LogP) is 5.34. The minimum absolute atomic E-state index is 0.0381. The summed E-state index contributed by atoms with van der Waals surface area (Å²) in [5, 5.41) is 18.4. The number of aromatic carboxylic acids is 1. The van der Waals surface area contributed by atoms with Crippen molar-refractivity contribution in [3.8, 4) is 11.9 Å². The largest absolute Gasteiger partial charge is 0.477 e. The highest BCUT2D eigenvalue weighted by molar-refractivity contribution is 7.20. The van der Waals surface area contributed by atoms with Crippen LogP contribution in [-0.4, -0.2) is 56.3 Å². The van der Waals surface area contributed by atoms with E-state index in [1.165, 1.54) is 17.4 Å². The third-order valence-corrected chi connectivity index (χ3v) is 8.83. The lowest BCUT2D eigenvalue weighted by atomic mass is 9.93. The number of benzene rings is 1. The molecule has 3 aromatic heterocycles. The van der Waals surface area contributed by atoms with Crippen molar-refractivity contribution < 1.29 is 23.8 Å². The Morgan fingerprint density at radius 3 is 2.78 bits per heavy atom. The van der Waals surface area contributed by atoms with Gasteiger partial charge in [0.05, 0.1) is 36.3 Å². The fourth-order valence-electron chi connectivity index (χ4n) is 5.59. The van der Waals surface area contributed by atoms with Gasteiger partial charge in [-0.05, 0) is 63.0 Å². The summed E-state index contributed by atoms with van der Waals surface area (Å²) in [5.41, 5.74) is 2.48. The molecule has 2 fully saturated rings. The van der Waals surface area contributed by atoms with E-state index in [4.69, 9.17) is 24.7 Å². The summed E-state index contributed by atoms with van der Waals surface area (Å²) < 4.78 is 28.1. The lowest BCUT2D eigenvalue weighted by Crippen LogP contribution is -2.34. The summed E-state index contributed by atoms with van der Waals surface area (Å²) in [6.45, 7) is 3.94. The molecule has 0 bridgehead atoms. The van der Waals surface area contributed by atoms with Crippen molar-refractivity contribution in [2.45, 2.75) is 57.4 Å². The van der Waals surface area contributed by atoms with E-state index in [1.807, 2.05) is 18.2 Å². The summed E-state index contributed by atoms with van der Waals surface area (Å²) in [5.74, 6) is 0.289. The molecule has 4 aromatic rings. The molecule has 1 N–H and O–H groups in total. The number of pyridine rings is 1. The van der Waals surface area contributed by atoms with E-state index in [1.54, 1.807) is 24.3 Å². The van der Waals surface area contributed by atoms with Crippen LogP contribution in [0.3, 0.4) is 0 Å². The smallest absolute Gasteiger partial charge is 0.346 e. The normalized spacial score (nSPS) is 18.1. The van der Waals surface area contributed by atoms with E-state index in [2.05, 4.69) is 9.47 Å². The average molecular weight is 576 g/mol. The number of nitrogens with zero attached hydrogens (tertiary/aromatic N) is 5. The van der Waals surface area contributed by atoms with Crippen LogP contribution in [0, 0.1) is 17.1 Å². The van der Waals surface area contributed by atoms with Gasteiger partial charge in [-0.15, -0.1) is 11.3 Å². The molecule has 11 heteroatoms. The first-order chi connectivity index (χ1) is 20.0. The summed E-state index contributed by atoms with van der Waals surface area (Å²) in [6, 6.07) is 13.7. The lowest BCUT2D eigenvalue weighted by Gasteiger charge is -2.31. The number of piperidine rings is 1. The van der Waals surface area contributed by atoms with Gasteiger partial charge in [0.1, 0.15) is 28.0 Å². The van der Waals surface area contributed by atoms with Crippen molar-refractivity contribution in [2.24, 2.45) is 0 Å². The zero-order valence-electron chi connectivity index (χ0n) is 22.5. The summed E-state index contributed by atoms with van der Waals surface area (Å²) in [7, 11) is 0. The summed E-state index contributed by atoms with van der Waals surface area (Å²) >= 11 is 1.22. The van der Waals surface area contributed by atoms with Crippen LogP contribution in [0.4, 0.5) is 4.39 Å². The average Bonchev–Trinajstić information content (AvgIpc) is 3.72. The highest BCUT2D eigenvalue weighted by Gasteiger charge is 2.26. The van der Waals surface area contributed by atoms with Gasteiger partial charge in [-0.1, -0.05) is 12.1 Å². The van der Waals surface area contributed by atoms with E-state index in [0.717, 1.165) is 67.2 Å². The Labute approximate surface area is 240 Å². The molecule has 1 atom stereocenters. The Bertz CT molecular complexity index is 1600. The van der Waals surface area contributed by atoms with Crippen molar-refractivity contribution >= 4 is 27.7 Å². The molecule has 212 valence electrons. The van der Waals surface area contributed by atoms with Gasteiger partial charge < -0.3 is 19.1 Å². The molecule has 2 aliphatic heterocycles. The number of carboxylic acids is 1. The lowest BCUT2D eigenvalue weighted by molar-refractivity contribution is 0.0702. The van der Waals surface area contributed by atoms with Crippen LogP contribution in [-0.2, 0) is 24.4 Å². The van der Waals surface area contributed by atoms with Crippen LogP contribution in [0.2, 0.25) is 0 Å². The van der Waals surface area contributed by atoms with E-state index in [9.17, 15) is 14.3 Å². The molecular formula is C30H30FN5O4S. The number of imidazole rings is 1. The van der Waals surface area contributed by atoms with Gasteiger partial charge in [-0.25, -0.2) is 19.2 Å². The molecule has 1 unspecified atom stereocenters. The van der Waals surface area contributed by atoms with Gasteiger partial charge in [0.2, 0.25) is 5.88 Å². The molecule has 0 saturated carbocycles. The Kier molecular flexibility index (Phi) is 7.96. The molecule has 0 spiro atoms. The van der Waals surface area contributed by atoms with Crippen molar-refractivity contribution in [1.82, 2.24) is 19.4 Å². The Balaban J connectivity index is 1.09. The van der Waals surface area contributed by atoms with Crippen LogP contribution >= 0.6 is 11.3 Å². The van der Waals surface area contributed by atoms with E-state index < -0.39 is 11.8 Å². The molecule has 2 saturated heterocycles. The number of carboxylic acid groups (broad SMARTS) is 1. The highest BCUT2D eigenvalue weighted by Crippen LogP contribution is 2.31. The Morgan fingerprint density at radius 1 is 1.20 bits per heavy atom. The number of ether oxygens (including phenoxy) is 2. The number of halogens is 1. The molecule has 0 radical (unpaired) electrons. The highest BCUT2D eigenvalue weighted by atomic mass is 32.1. The SMILES string of the molecule is N#Cc1ccc(COc2cccc(C3CCN(Cc4nc5sc(C(=O)O)cc5n4CC4CCCO4)CC3)n2)c(F)c1. The number of hydrogen-bond acceptors (Lipinski definition) is 8. The third-order valence-electron chi connectivity index (χ3n) is 7.82. The summed E-state index contributed by atoms with van der Waals surface area (Å²) in [6.07, 6.45) is 4.04. The Hall–Kier alpha value is -3.85. The maximum absolute atomic E-state index is 14.2. The second-order valence-electron chi connectivity index (χ2n) is 10.5. The fraction of sp³-hybridized carbons (Fsp3) is 0.400. The number of aromatic nitrogens is 3. The number of rotatable bonds is 9. The van der Waals surface area contributed by atoms with Gasteiger partial charge >= 0.3 is 5.97 Å². The van der Waals surface area contributed by atoms with Crippen LogP contribution in [0.15, 0.2) is 42.5 Å². The first kappa shape index (κ1) is 27.3. The van der Waals surface area contributed by atoms with E-state index in [0.29, 0.717) is 29.4 Å². The maximum Gasteiger partial charge on any atom is 0.346 e. The third kappa shape index (κ3) is 6.10. The van der Waals surface area contributed by atoms with Crippen LogP contribution in [0.1, 0.15) is 63.9 Å². The van der Waals surface area contributed by atoms with Crippen LogP contribution < -0.4 is 4.74 Å². The first-order valence-electron chi connectivity index (χ1n) is 13.8. The standard InChI is InChI=1S/C30H30FN5O4S/c31-23-13-19(15-32)6-7-21(23)18-40-28-5-1-4-24(33-28)20-8-10-35(11-9-20)17-27-34-29-25(14-26(41-29)30(37)38)36(27)16-22-3-2-12-39-22/h1,4-7,13-14,20,22H,2-3,8-12,16-18H2,(H,37,38). The minimum atomic E-state index is -0.926. The topological polar surface area (TPSA) is 114 Å². The fourth-order valence-corrected chi connectivity index (χ4v) is 6.49. The van der Waals surface area contributed by atoms with E-state index >= 15 is 0 Å². The molecule has 5 heterocycles. The number of likely N-dealkylation sites (tertiary alicyclic amines) is 1. The van der Waals surface area contributed by atoms with Crippen molar-refractivity contribution in [3.63, 3.8) is 0 Å². The molecule has 1 aromatic carbocycles.